The smallest absolute Gasteiger partial charge is 0.0675 e. The number of hydrogen-bond acceptors (Lipinski definition) is 1. The highest BCUT2D eigenvalue weighted by Gasteiger charge is 1.88. The van der Waals surface area contributed by atoms with Crippen molar-refractivity contribution < 1.29 is 9.59 Å². The van der Waals surface area contributed by atoms with E-state index >= 15 is 0 Å². The maximum absolute atomic E-state index is 10.6. The van der Waals surface area contributed by atoms with Crippen molar-refractivity contribution in [2.24, 2.45) is 0 Å². The largest absolute Gasteiger partial charge is 0.872 e. The summed E-state index contributed by atoms with van der Waals surface area (Å²) in [6, 6.07) is 6.98. The highest BCUT2D eigenvalue weighted by atomic mass is 16.3. The molecule has 1 aromatic rings. The lowest BCUT2D eigenvalue weighted by Gasteiger charge is -2.14. The maximum Gasteiger partial charge on any atom is 0.0675 e. The van der Waals surface area contributed by atoms with E-state index in [4.69, 9.17) is 0 Å². The number of para-hydroxylation sites is 1. The topological polar surface area (TPSA) is 23.1 Å². The molecule has 0 saturated carbocycles. The standard InChI is InChI=1S/C7H8O.C4H12N/c1-6-4-2-3-5-7(6)8;1-5(2,3)4/h2-5,8H,1H3;1-4H3/q;+1/p-1. The number of nitrogens with zero attached hydrogens (tertiary/aromatic N) is 1. The van der Waals surface area contributed by atoms with E-state index in [1.54, 1.807) is 12.1 Å². The van der Waals surface area contributed by atoms with Gasteiger partial charge in [0.1, 0.15) is 0 Å². The van der Waals surface area contributed by atoms with Gasteiger partial charge in [0.15, 0.2) is 0 Å². The zero-order valence-electron chi connectivity index (χ0n) is 9.16. The fourth-order valence-electron chi connectivity index (χ4n) is 0.556. The summed E-state index contributed by atoms with van der Waals surface area (Å²) in [5.41, 5.74) is 0.813. The lowest BCUT2D eigenvalue weighted by Crippen LogP contribution is -2.27. The van der Waals surface area contributed by atoms with Crippen molar-refractivity contribution >= 4 is 0 Å². The Labute approximate surface area is 81.0 Å². The predicted molar refractivity (Wildman–Crippen MR) is 54.6 cm³/mol. The van der Waals surface area contributed by atoms with Crippen molar-refractivity contribution in [3.8, 4) is 5.75 Å². The second-order valence-corrected chi connectivity index (χ2v) is 4.45. The second kappa shape index (κ2) is 4.87. The fraction of sp³-hybridized carbons (Fsp3) is 0.455. The molecule has 0 aromatic heterocycles. The maximum atomic E-state index is 10.6. The molecule has 1 aromatic carbocycles. The van der Waals surface area contributed by atoms with E-state index in [1.807, 2.05) is 19.1 Å². The van der Waals surface area contributed by atoms with Gasteiger partial charge in [-0.2, -0.15) is 0 Å². The summed E-state index contributed by atoms with van der Waals surface area (Å²) in [6.07, 6.45) is 0. The molecule has 0 aliphatic heterocycles. The molecule has 2 heteroatoms. The van der Waals surface area contributed by atoms with Crippen molar-refractivity contribution in [3.05, 3.63) is 29.8 Å². The van der Waals surface area contributed by atoms with Gasteiger partial charge >= 0.3 is 0 Å². The Morgan fingerprint density at radius 2 is 1.38 bits per heavy atom. The van der Waals surface area contributed by atoms with E-state index in [2.05, 4.69) is 28.2 Å². The van der Waals surface area contributed by atoms with Crippen molar-refractivity contribution in [1.82, 2.24) is 0 Å². The Morgan fingerprint density at radius 3 is 1.62 bits per heavy atom. The molecule has 2 nitrogen and oxygen atoms in total. The Hall–Kier alpha value is -1.02. The Kier molecular flexibility index (Phi) is 4.49. The fourth-order valence-corrected chi connectivity index (χ4v) is 0.556. The number of hydrogen-bond donors (Lipinski definition) is 0. The van der Waals surface area contributed by atoms with Crippen LogP contribution in [0.3, 0.4) is 0 Å². The first-order valence-corrected chi connectivity index (χ1v) is 4.32. The minimum absolute atomic E-state index is 0.118. The molecule has 0 fully saturated rings. The van der Waals surface area contributed by atoms with Crippen LogP contribution in [0.1, 0.15) is 5.56 Å². The summed E-state index contributed by atoms with van der Waals surface area (Å²) >= 11 is 0. The van der Waals surface area contributed by atoms with Gasteiger partial charge in [0.25, 0.3) is 0 Å². The third kappa shape index (κ3) is 8.89. The van der Waals surface area contributed by atoms with Crippen LogP contribution in [0.15, 0.2) is 24.3 Å². The number of benzene rings is 1. The molecule has 0 aliphatic rings. The molecule has 0 N–H and O–H groups in total. The molecular weight excluding hydrogens is 162 g/mol. The minimum Gasteiger partial charge on any atom is -0.872 e. The number of quaternary nitrogens is 1. The van der Waals surface area contributed by atoms with Crippen LogP contribution >= 0.6 is 0 Å². The summed E-state index contributed by atoms with van der Waals surface area (Å²) in [5.74, 6) is 0.118. The van der Waals surface area contributed by atoms with Gasteiger partial charge < -0.3 is 9.59 Å². The third-order valence-corrected chi connectivity index (χ3v) is 1.09. The van der Waals surface area contributed by atoms with Gasteiger partial charge in [-0.1, -0.05) is 29.8 Å². The molecule has 1 rings (SSSR count). The zero-order valence-corrected chi connectivity index (χ0v) is 9.16. The Morgan fingerprint density at radius 1 is 1.00 bits per heavy atom. The van der Waals surface area contributed by atoms with Gasteiger partial charge in [0, 0.05) is 0 Å². The normalized spacial score (nSPS) is 10.2. The molecule has 0 heterocycles. The van der Waals surface area contributed by atoms with Gasteiger partial charge in [-0.05, 0) is 6.92 Å². The first kappa shape index (κ1) is 12.0. The molecule has 0 unspecified atom stereocenters. The van der Waals surface area contributed by atoms with Gasteiger partial charge in [-0.15, -0.1) is 5.75 Å². The Balaban J connectivity index is 0.000000252. The van der Waals surface area contributed by atoms with E-state index in [9.17, 15) is 5.11 Å². The average molecular weight is 181 g/mol. The van der Waals surface area contributed by atoms with E-state index < -0.39 is 0 Å². The molecule has 0 radical (unpaired) electrons. The number of rotatable bonds is 0. The molecule has 13 heavy (non-hydrogen) atoms. The molecule has 0 saturated heterocycles. The SMILES string of the molecule is C[N+](C)(C)C.Cc1ccccc1[O-]. The lowest BCUT2D eigenvalue weighted by molar-refractivity contribution is -0.849. The average Bonchev–Trinajstić information content (AvgIpc) is 1.92. The molecule has 0 bridgehead atoms. The van der Waals surface area contributed by atoms with Crippen LogP contribution in [0.2, 0.25) is 0 Å². The van der Waals surface area contributed by atoms with Crippen molar-refractivity contribution in [1.29, 1.82) is 0 Å². The van der Waals surface area contributed by atoms with E-state index in [0.717, 1.165) is 10.0 Å². The zero-order chi connectivity index (χ0) is 10.5. The van der Waals surface area contributed by atoms with E-state index in [1.165, 1.54) is 0 Å². The van der Waals surface area contributed by atoms with E-state index in [0.29, 0.717) is 0 Å². The van der Waals surface area contributed by atoms with Crippen LogP contribution < -0.4 is 5.11 Å². The molecular formula is C11H19NO. The van der Waals surface area contributed by atoms with Crippen molar-refractivity contribution in [3.63, 3.8) is 0 Å². The third-order valence-electron chi connectivity index (χ3n) is 1.09. The van der Waals surface area contributed by atoms with Gasteiger partial charge in [0.2, 0.25) is 0 Å². The monoisotopic (exact) mass is 181 g/mol. The van der Waals surface area contributed by atoms with Crippen LogP contribution in [0.5, 0.6) is 5.75 Å². The second-order valence-electron chi connectivity index (χ2n) is 4.45. The van der Waals surface area contributed by atoms with Gasteiger partial charge in [-0.25, -0.2) is 0 Å². The Bertz CT molecular complexity index is 224. The van der Waals surface area contributed by atoms with E-state index in [-0.39, 0.29) is 5.75 Å². The predicted octanol–water partition coefficient (Wildman–Crippen LogP) is 1.39. The van der Waals surface area contributed by atoms with Crippen LogP contribution in [-0.4, -0.2) is 32.7 Å². The summed E-state index contributed by atoms with van der Waals surface area (Å²) in [7, 11) is 8.50. The van der Waals surface area contributed by atoms with Crippen molar-refractivity contribution in [2.75, 3.05) is 28.2 Å². The highest BCUT2D eigenvalue weighted by Crippen LogP contribution is 2.08. The molecule has 0 amide bonds. The molecule has 0 aliphatic carbocycles. The summed E-state index contributed by atoms with van der Waals surface area (Å²) < 4.78 is 1.00. The van der Waals surface area contributed by atoms with Crippen LogP contribution in [0, 0.1) is 6.92 Å². The lowest BCUT2D eigenvalue weighted by atomic mass is 10.2. The van der Waals surface area contributed by atoms with Crippen LogP contribution in [-0.2, 0) is 0 Å². The van der Waals surface area contributed by atoms with Crippen LogP contribution in [0.25, 0.3) is 0 Å². The first-order valence-electron chi connectivity index (χ1n) is 4.32. The van der Waals surface area contributed by atoms with Crippen molar-refractivity contribution in [2.45, 2.75) is 6.92 Å². The summed E-state index contributed by atoms with van der Waals surface area (Å²) in [4.78, 5) is 0. The highest BCUT2D eigenvalue weighted by molar-refractivity contribution is 5.28. The minimum atomic E-state index is 0.118. The molecule has 74 valence electrons. The molecule has 0 atom stereocenters. The summed E-state index contributed by atoms with van der Waals surface area (Å²) in [5, 5.41) is 10.6. The molecule has 0 spiro atoms. The summed E-state index contributed by atoms with van der Waals surface area (Å²) in [6.45, 7) is 1.81. The van der Waals surface area contributed by atoms with Crippen LogP contribution in [0.4, 0.5) is 0 Å². The van der Waals surface area contributed by atoms with Gasteiger partial charge in [0.05, 0.1) is 28.2 Å². The van der Waals surface area contributed by atoms with Gasteiger partial charge in [-0.3, -0.25) is 0 Å². The first-order chi connectivity index (χ1) is 5.80. The quantitative estimate of drug-likeness (QED) is 0.555. The number of aryl methyl sites for hydroxylation is 1.